The number of carbonyl (C=O) groups is 1. The Morgan fingerprint density at radius 2 is 1.90 bits per heavy atom. The van der Waals surface area contributed by atoms with Gasteiger partial charge < -0.3 is 9.90 Å². The Bertz CT molecular complexity index is 208. The summed E-state index contributed by atoms with van der Waals surface area (Å²) in [4.78, 5) is 10.1. The van der Waals surface area contributed by atoms with Crippen molar-refractivity contribution >= 4 is 5.97 Å². The van der Waals surface area contributed by atoms with Crippen LogP contribution in [0.25, 0.3) is 0 Å². The van der Waals surface area contributed by atoms with E-state index < -0.39 is 5.97 Å². The zero-order chi connectivity index (χ0) is 6.69. The van der Waals surface area contributed by atoms with Gasteiger partial charge in [0.1, 0.15) is 0 Å². The topological polar surface area (TPSA) is 40.1 Å². The zero-order valence-corrected chi connectivity index (χ0v) is 7.97. The summed E-state index contributed by atoms with van der Waals surface area (Å²) >= 11 is 0. The molecule has 0 aliphatic carbocycles. The van der Waals surface area contributed by atoms with Crippen molar-refractivity contribution in [1.82, 2.24) is 0 Å². The molecule has 3 heteroatoms. The van der Waals surface area contributed by atoms with Crippen LogP contribution in [-0.4, -0.2) is 5.97 Å². The zero-order valence-electron chi connectivity index (χ0n) is 5.03. The van der Waals surface area contributed by atoms with E-state index in [1.807, 2.05) is 0 Å². The summed E-state index contributed by atoms with van der Waals surface area (Å²) in [5.74, 6) is -1.15. The molecule has 0 amide bonds. The second kappa shape index (κ2) is 4.23. The molecular formula is C7H4O2W-2. The minimum absolute atomic E-state index is 0. The minimum Gasteiger partial charge on any atom is -0.547 e. The summed E-state index contributed by atoms with van der Waals surface area (Å²) in [5, 5.41) is 10.1. The number of benzene rings is 1. The standard InChI is InChI=1S/C7H5O2.W/c8-7(9)6-4-2-1-3-5-6;/h2-5H,(H,8,9);/q-1;/p-1. The molecule has 10 heavy (non-hydrogen) atoms. The molecule has 0 aliphatic rings. The van der Waals surface area contributed by atoms with Crippen LogP contribution >= 0.6 is 0 Å². The second-order valence-electron chi connectivity index (χ2n) is 1.58. The van der Waals surface area contributed by atoms with Crippen LogP contribution in [0, 0.1) is 6.07 Å². The molecule has 0 saturated heterocycles. The van der Waals surface area contributed by atoms with Gasteiger partial charge in [-0.05, 0) is 0 Å². The van der Waals surface area contributed by atoms with Gasteiger partial charge in [0.2, 0.25) is 0 Å². The van der Waals surface area contributed by atoms with Crippen molar-refractivity contribution < 1.29 is 31.0 Å². The molecule has 1 rings (SSSR count). The predicted octanol–water partition coefficient (Wildman–Crippen LogP) is -0.152. The van der Waals surface area contributed by atoms with Gasteiger partial charge in [-0.2, -0.15) is 30.3 Å². The predicted molar refractivity (Wildman–Crippen MR) is 29.6 cm³/mol. The van der Waals surface area contributed by atoms with Crippen LogP contribution in [0.1, 0.15) is 10.4 Å². The first-order valence-electron chi connectivity index (χ1n) is 2.48. The van der Waals surface area contributed by atoms with E-state index in [2.05, 4.69) is 6.07 Å². The Kier molecular flexibility index (Phi) is 3.97. The molecule has 0 aromatic heterocycles. The van der Waals surface area contributed by atoms with Gasteiger partial charge in [-0.15, -0.1) is 5.56 Å². The number of carboxylic acid groups (broad SMARTS) is 1. The van der Waals surface area contributed by atoms with Crippen LogP contribution in [0.4, 0.5) is 0 Å². The van der Waals surface area contributed by atoms with Gasteiger partial charge in [0, 0.05) is 27.0 Å². The van der Waals surface area contributed by atoms with Gasteiger partial charge in [0.25, 0.3) is 0 Å². The maximum Gasteiger partial charge on any atom is 0.0473 e. The number of hydrogen-bond acceptors (Lipinski definition) is 2. The molecule has 1 aromatic rings. The summed E-state index contributed by atoms with van der Waals surface area (Å²) in [6.45, 7) is 0. The summed E-state index contributed by atoms with van der Waals surface area (Å²) in [6, 6.07) is 8.64. The van der Waals surface area contributed by atoms with E-state index in [0.29, 0.717) is 0 Å². The van der Waals surface area contributed by atoms with Gasteiger partial charge in [-0.1, -0.05) is 0 Å². The van der Waals surface area contributed by atoms with Gasteiger partial charge in [-0.25, -0.2) is 0 Å². The van der Waals surface area contributed by atoms with E-state index in [-0.39, 0.29) is 26.6 Å². The molecule has 0 aliphatic heterocycles. The van der Waals surface area contributed by atoms with E-state index in [4.69, 9.17) is 0 Å². The Hall–Kier alpha value is -0.622. The first kappa shape index (κ1) is 9.38. The maximum absolute atomic E-state index is 10.1. The molecule has 0 bridgehead atoms. The first-order chi connectivity index (χ1) is 4.30. The number of aromatic carboxylic acids is 1. The van der Waals surface area contributed by atoms with E-state index in [0.717, 1.165) is 0 Å². The minimum atomic E-state index is -1.15. The molecule has 0 heterocycles. The monoisotopic (exact) mass is 304 g/mol. The summed E-state index contributed by atoms with van der Waals surface area (Å²) in [6.07, 6.45) is 0. The van der Waals surface area contributed by atoms with Crippen molar-refractivity contribution in [2.45, 2.75) is 0 Å². The Balaban J connectivity index is 0.000000810. The van der Waals surface area contributed by atoms with Crippen LogP contribution in [-0.2, 0) is 21.1 Å². The molecule has 0 saturated carbocycles. The van der Waals surface area contributed by atoms with E-state index in [1.165, 1.54) is 24.3 Å². The molecule has 52 valence electrons. The molecule has 0 fully saturated rings. The Labute approximate surface area is 73.1 Å². The van der Waals surface area contributed by atoms with Crippen molar-refractivity contribution in [3.63, 3.8) is 0 Å². The van der Waals surface area contributed by atoms with Gasteiger partial charge >= 0.3 is 0 Å². The van der Waals surface area contributed by atoms with Crippen LogP contribution in [0.15, 0.2) is 24.3 Å². The summed E-state index contributed by atoms with van der Waals surface area (Å²) in [5.41, 5.74) is 0.189. The van der Waals surface area contributed by atoms with Crippen LogP contribution < -0.4 is 5.11 Å². The SMILES string of the molecule is O=C([O-])c1cc[c-]cc1.[W]. The number of carboxylic acids is 1. The fraction of sp³-hybridized carbons (Fsp3) is 0. The number of rotatable bonds is 1. The van der Waals surface area contributed by atoms with Crippen molar-refractivity contribution in [2.75, 3.05) is 0 Å². The maximum atomic E-state index is 10.1. The quantitative estimate of drug-likeness (QED) is 0.677. The fourth-order valence-electron chi connectivity index (χ4n) is 0.523. The normalized spacial score (nSPS) is 8.00. The molecule has 0 N–H and O–H groups in total. The second-order valence-corrected chi connectivity index (χ2v) is 1.58. The van der Waals surface area contributed by atoms with E-state index in [9.17, 15) is 9.90 Å². The van der Waals surface area contributed by atoms with Crippen molar-refractivity contribution in [1.29, 1.82) is 0 Å². The number of carbonyl (C=O) groups excluding carboxylic acids is 1. The van der Waals surface area contributed by atoms with Gasteiger partial charge in [-0.3, -0.25) is 0 Å². The largest absolute Gasteiger partial charge is 0.547 e. The summed E-state index contributed by atoms with van der Waals surface area (Å²) in [7, 11) is 0. The smallest absolute Gasteiger partial charge is 0.0473 e. The van der Waals surface area contributed by atoms with Crippen LogP contribution in [0.5, 0.6) is 0 Å². The van der Waals surface area contributed by atoms with E-state index >= 15 is 0 Å². The van der Waals surface area contributed by atoms with Crippen molar-refractivity contribution in [3.8, 4) is 0 Å². The van der Waals surface area contributed by atoms with Crippen molar-refractivity contribution in [3.05, 3.63) is 35.9 Å². The third-order valence-corrected chi connectivity index (χ3v) is 0.954. The average molecular weight is 304 g/mol. The van der Waals surface area contributed by atoms with Crippen LogP contribution in [0.3, 0.4) is 0 Å². The molecule has 0 unspecified atom stereocenters. The first-order valence-corrected chi connectivity index (χ1v) is 2.48. The third-order valence-electron chi connectivity index (χ3n) is 0.954. The molecule has 0 radical (unpaired) electrons. The van der Waals surface area contributed by atoms with Gasteiger partial charge in [0.05, 0.1) is 0 Å². The molecule has 0 atom stereocenters. The Morgan fingerprint density at radius 1 is 1.40 bits per heavy atom. The van der Waals surface area contributed by atoms with Gasteiger partial charge in [0.15, 0.2) is 0 Å². The van der Waals surface area contributed by atoms with E-state index in [1.54, 1.807) is 0 Å². The van der Waals surface area contributed by atoms with Crippen LogP contribution in [0.2, 0.25) is 0 Å². The molecule has 2 nitrogen and oxygen atoms in total. The Morgan fingerprint density at radius 3 is 2.20 bits per heavy atom. The third kappa shape index (κ3) is 2.32. The molecular weight excluding hydrogens is 300 g/mol. The summed E-state index contributed by atoms with van der Waals surface area (Å²) < 4.78 is 0. The average Bonchev–Trinajstić information content (AvgIpc) is 1.90. The molecule has 0 spiro atoms. The van der Waals surface area contributed by atoms with Crippen molar-refractivity contribution in [2.24, 2.45) is 0 Å². The number of hydrogen-bond donors (Lipinski definition) is 0. The molecule has 1 aromatic carbocycles. The fourth-order valence-corrected chi connectivity index (χ4v) is 0.523.